The van der Waals surface area contributed by atoms with Crippen molar-refractivity contribution in [3.63, 3.8) is 0 Å². The molecule has 3 N–H and O–H groups in total. The maximum atomic E-state index is 11.8. The van der Waals surface area contributed by atoms with Gasteiger partial charge < -0.3 is 15.8 Å². The van der Waals surface area contributed by atoms with Crippen LogP contribution in [0, 0.1) is 5.92 Å². The highest BCUT2D eigenvalue weighted by Gasteiger charge is 2.28. The molecule has 0 aromatic rings. The number of ether oxygens (including phenoxy) is 1. The van der Waals surface area contributed by atoms with Crippen LogP contribution in [0.15, 0.2) is 0 Å². The van der Waals surface area contributed by atoms with Gasteiger partial charge in [0.05, 0.1) is 13.2 Å². The number of methoxy groups -OCH3 is 1. The van der Waals surface area contributed by atoms with Crippen molar-refractivity contribution in [2.45, 2.75) is 38.8 Å². The average Bonchev–Trinajstić information content (AvgIpc) is 2.39. The van der Waals surface area contributed by atoms with Gasteiger partial charge >= 0.3 is 5.97 Å². The lowest BCUT2D eigenvalue weighted by Gasteiger charge is -2.23. The number of amides is 1. The van der Waals surface area contributed by atoms with E-state index in [0.29, 0.717) is 6.42 Å². The Hall–Kier alpha value is -0.750. The standard InChI is InChI=1S/C12H24N2O3S/c1-5-8(2)10(12(16)17-3)14-11(15)9(13)6-7-18-4/h8-10H,5-7,13H2,1-4H3,(H,14,15)/t8?,9-,10?/m1/s1. The molecule has 18 heavy (non-hydrogen) atoms. The molecule has 106 valence electrons. The Labute approximate surface area is 113 Å². The maximum Gasteiger partial charge on any atom is 0.328 e. The summed E-state index contributed by atoms with van der Waals surface area (Å²) in [6, 6.07) is -1.19. The molecule has 1 amide bonds. The van der Waals surface area contributed by atoms with Crippen LogP contribution < -0.4 is 11.1 Å². The lowest BCUT2D eigenvalue weighted by molar-refractivity contribution is -0.146. The van der Waals surface area contributed by atoms with Crippen LogP contribution in [0.25, 0.3) is 0 Å². The average molecular weight is 276 g/mol. The Morgan fingerprint density at radius 3 is 2.50 bits per heavy atom. The molecule has 2 unspecified atom stereocenters. The Morgan fingerprint density at radius 2 is 2.06 bits per heavy atom. The fourth-order valence-electron chi connectivity index (χ4n) is 1.43. The second-order valence-electron chi connectivity index (χ2n) is 4.28. The highest BCUT2D eigenvalue weighted by Crippen LogP contribution is 2.10. The van der Waals surface area contributed by atoms with E-state index in [9.17, 15) is 9.59 Å². The minimum absolute atomic E-state index is 0.0224. The molecule has 0 aromatic carbocycles. The van der Waals surface area contributed by atoms with Crippen molar-refractivity contribution in [2.75, 3.05) is 19.1 Å². The van der Waals surface area contributed by atoms with Gasteiger partial charge in [0.1, 0.15) is 6.04 Å². The van der Waals surface area contributed by atoms with Gasteiger partial charge in [-0.3, -0.25) is 4.79 Å². The van der Waals surface area contributed by atoms with Crippen LogP contribution in [0.3, 0.4) is 0 Å². The first kappa shape index (κ1) is 17.2. The van der Waals surface area contributed by atoms with Gasteiger partial charge in [0, 0.05) is 0 Å². The fourth-order valence-corrected chi connectivity index (χ4v) is 1.92. The second kappa shape index (κ2) is 9.22. The smallest absolute Gasteiger partial charge is 0.328 e. The Balaban J connectivity index is 4.48. The van der Waals surface area contributed by atoms with E-state index in [4.69, 9.17) is 10.5 Å². The summed E-state index contributed by atoms with van der Waals surface area (Å²) in [6.07, 6.45) is 3.34. The van der Waals surface area contributed by atoms with Gasteiger partial charge in [0.25, 0.3) is 0 Å². The van der Waals surface area contributed by atoms with Crippen LogP contribution in [0.4, 0.5) is 0 Å². The van der Waals surface area contributed by atoms with E-state index in [1.807, 2.05) is 20.1 Å². The number of nitrogens with one attached hydrogen (secondary N) is 1. The third-order valence-electron chi connectivity index (χ3n) is 2.94. The van der Waals surface area contributed by atoms with Gasteiger partial charge in [0.2, 0.25) is 5.91 Å². The number of hydrogen-bond acceptors (Lipinski definition) is 5. The van der Waals surface area contributed by atoms with E-state index in [-0.39, 0.29) is 11.8 Å². The summed E-state index contributed by atoms with van der Waals surface area (Å²) in [5.74, 6) is 0.129. The summed E-state index contributed by atoms with van der Waals surface area (Å²) in [6.45, 7) is 3.86. The van der Waals surface area contributed by atoms with Crippen LogP contribution in [-0.4, -0.2) is 43.1 Å². The Bertz CT molecular complexity index is 274. The number of carbonyl (C=O) groups is 2. The summed E-state index contributed by atoms with van der Waals surface area (Å²) in [5.41, 5.74) is 5.76. The van der Waals surface area contributed by atoms with Crippen molar-refractivity contribution in [3.8, 4) is 0 Å². The quantitative estimate of drug-likeness (QED) is 0.640. The number of carbonyl (C=O) groups excluding carboxylic acids is 2. The normalized spacial score (nSPS) is 15.6. The SMILES string of the molecule is CCC(C)C(NC(=O)[C@H](N)CCSC)C(=O)OC. The molecule has 0 saturated heterocycles. The second-order valence-corrected chi connectivity index (χ2v) is 5.27. The molecular weight excluding hydrogens is 252 g/mol. The van der Waals surface area contributed by atoms with Gasteiger partial charge in [-0.15, -0.1) is 0 Å². The highest BCUT2D eigenvalue weighted by molar-refractivity contribution is 7.98. The molecule has 0 aromatic heterocycles. The molecule has 0 heterocycles. The summed E-state index contributed by atoms with van der Waals surface area (Å²) in [4.78, 5) is 23.4. The fraction of sp³-hybridized carbons (Fsp3) is 0.833. The Kier molecular flexibility index (Phi) is 8.83. The Morgan fingerprint density at radius 1 is 1.44 bits per heavy atom. The summed E-state index contributed by atoms with van der Waals surface area (Å²) in [5, 5.41) is 2.68. The summed E-state index contributed by atoms with van der Waals surface area (Å²) < 4.78 is 4.70. The van der Waals surface area contributed by atoms with E-state index < -0.39 is 18.1 Å². The molecule has 3 atom stereocenters. The molecule has 0 rings (SSSR count). The molecule has 0 fully saturated rings. The topological polar surface area (TPSA) is 81.4 Å². The molecule has 0 aliphatic heterocycles. The van der Waals surface area contributed by atoms with E-state index >= 15 is 0 Å². The van der Waals surface area contributed by atoms with E-state index in [0.717, 1.165) is 12.2 Å². The monoisotopic (exact) mass is 276 g/mol. The van der Waals surface area contributed by atoms with Crippen molar-refractivity contribution < 1.29 is 14.3 Å². The van der Waals surface area contributed by atoms with Gasteiger partial charge in [-0.2, -0.15) is 11.8 Å². The zero-order valence-corrected chi connectivity index (χ0v) is 12.4. The maximum absolute atomic E-state index is 11.8. The molecule has 6 heteroatoms. The third kappa shape index (κ3) is 5.73. The molecule has 0 saturated carbocycles. The minimum atomic E-state index is -0.618. The number of esters is 1. The molecular formula is C12H24N2O3S. The van der Waals surface area contributed by atoms with Crippen molar-refractivity contribution in [3.05, 3.63) is 0 Å². The van der Waals surface area contributed by atoms with Gasteiger partial charge in [-0.25, -0.2) is 4.79 Å². The van der Waals surface area contributed by atoms with Crippen LogP contribution in [0.5, 0.6) is 0 Å². The van der Waals surface area contributed by atoms with Gasteiger partial charge in [-0.1, -0.05) is 20.3 Å². The summed E-state index contributed by atoms with van der Waals surface area (Å²) >= 11 is 1.64. The first-order chi connectivity index (χ1) is 8.47. The van der Waals surface area contributed by atoms with Crippen molar-refractivity contribution >= 4 is 23.6 Å². The first-order valence-electron chi connectivity index (χ1n) is 6.10. The molecule has 0 aliphatic carbocycles. The zero-order chi connectivity index (χ0) is 14.1. The van der Waals surface area contributed by atoms with E-state index in [1.165, 1.54) is 7.11 Å². The third-order valence-corrected chi connectivity index (χ3v) is 3.58. The van der Waals surface area contributed by atoms with Crippen molar-refractivity contribution in [1.29, 1.82) is 0 Å². The van der Waals surface area contributed by atoms with E-state index in [2.05, 4.69) is 5.32 Å². The lowest BCUT2D eigenvalue weighted by Crippen LogP contribution is -2.51. The predicted molar refractivity (Wildman–Crippen MR) is 74.4 cm³/mol. The zero-order valence-electron chi connectivity index (χ0n) is 11.6. The molecule has 0 radical (unpaired) electrons. The number of thioether (sulfide) groups is 1. The lowest BCUT2D eigenvalue weighted by atomic mass is 9.99. The highest BCUT2D eigenvalue weighted by atomic mass is 32.2. The summed E-state index contributed by atoms with van der Waals surface area (Å²) in [7, 11) is 1.32. The van der Waals surface area contributed by atoms with Crippen molar-refractivity contribution in [2.24, 2.45) is 11.7 Å². The molecule has 0 bridgehead atoms. The van der Waals surface area contributed by atoms with Gasteiger partial charge in [0.15, 0.2) is 0 Å². The first-order valence-corrected chi connectivity index (χ1v) is 7.50. The number of rotatable bonds is 8. The largest absolute Gasteiger partial charge is 0.467 e. The van der Waals surface area contributed by atoms with Crippen LogP contribution in [0.2, 0.25) is 0 Å². The van der Waals surface area contributed by atoms with Gasteiger partial charge in [-0.05, 0) is 24.3 Å². The number of hydrogen-bond donors (Lipinski definition) is 2. The van der Waals surface area contributed by atoms with Crippen LogP contribution >= 0.6 is 11.8 Å². The minimum Gasteiger partial charge on any atom is -0.467 e. The molecule has 0 aliphatic rings. The predicted octanol–water partition coefficient (Wildman–Crippen LogP) is 0.771. The molecule has 0 spiro atoms. The van der Waals surface area contributed by atoms with Crippen molar-refractivity contribution in [1.82, 2.24) is 5.32 Å². The number of nitrogens with two attached hydrogens (primary N) is 1. The van der Waals surface area contributed by atoms with E-state index in [1.54, 1.807) is 11.8 Å². The van der Waals surface area contributed by atoms with Crippen LogP contribution in [-0.2, 0) is 14.3 Å². The van der Waals surface area contributed by atoms with Crippen LogP contribution in [0.1, 0.15) is 26.7 Å². The molecule has 5 nitrogen and oxygen atoms in total.